The molecule has 6 nitrogen and oxygen atoms in total. The van der Waals surface area contributed by atoms with Gasteiger partial charge in [0, 0.05) is 10.4 Å². The van der Waals surface area contributed by atoms with E-state index in [-0.39, 0.29) is 17.8 Å². The molecule has 140 valence electrons. The lowest BCUT2D eigenvalue weighted by atomic mass is 10.2. The molecule has 0 saturated heterocycles. The minimum Gasteiger partial charge on any atom is -0.462 e. The topological polar surface area (TPSA) is 84.5 Å². The van der Waals surface area contributed by atoms with Crippen molar-refractivity contribution >= 4 is 56.2 Å². The molecular formula is C19H18N2O4S2. The lowest BCUT2D eigenvalue weighted by Gasteiger charge is -2.13. The third-order valence-electron chi connectivity index (χ3n) is 3.75. The van der Waals surface area contributed by atoms with E-state index in [9.17, 15) is 14.4 Å². The van der Waals surface area contributed by atoms with Crippen LogP contribution >= 0.6 is 22.7 Å². The Kier molecular flexibility index (Phi) is 5.88. The predicted octanol–water partition coefficient (Wildman–Crippen LogP) is 3.90. The van der Waals surface area contributed by atoms with Gasteiger partial charge in [0.05, 0.1) is 11.5 Å². The lowest BCUT2D eigenvalue weighted by Crippen LogP contribution is -2.41. The summed E-state index contributed by atoms with van der Waals surface area (Å²) in [6.07, 6.45) is 0. The van der Waals surface area contributed by atoms with Gasteiger partial charge in [-0.3, -0.25) is 9.59 Å². The Labute approximate surface area is 164 Å². The fourth-order valence-electron chi connectivity index (χ4n) is 2.42. The molecule has 3 aromatic rings. The molecule has 0 aliphatic heterocycles. The Morgan fingerprint density at radius 2 is 1.96 bits per heavy atom. The Hall–Kier alpha value is -2.71. The zero-order chi connectivity index (χ0) is 19.4. The van der Waals surface area contributed by atoms with Crippen molar-refractivity contribution in [1.29, 1.82) is 0 Å². The van der Waals surface area contributed by atoms with Crippen LogP contribution in [0.1, 0.15) is 33.2 Å². The summed E-state index contributed by atoms with van der Waals surface area (Å²) < 4.78 is 5.94. The normalized spacial score (nSPS) is 11.8. The van der Waals surface area contributed by atoms with E-state index in [0.29, 0.717) is 22.0 Å². The molecule has 0 bridgehead atoms. The summed E-state index contributed by atoms with van der Waals surface area (Å²) in [6.45, 7) is 3.71. The second-order valence-electron chi connectivity index (χ2n) is 5.75. The van der Waals surface area contributed by atoms with Crippen LogP contribution in [0.2, 0.25) is 0 Å². The number of amides is 2. The zero-order valence-electron chi connectivity index (χ0n) is 14.8. The number of thiophene rings is 2. The van der Waals surface area contributed by atoms with E-state index in [1.807, 2.05) is 6.07 Å². The first-order chi connectivity index (χ1) is 13.0. The molecule has 2 N–H and O–H groups in total. The first-order valence-electron chi connectivity index (χ1n) is 8.34. The second-order valence-corrected chi connectivity index (χ2v) is 7.78. The van der Waals surface area contributed by atoms with Gasteiger partial charge in [-0.2, -0.15) is 0 Å². The molecule has 1 aromatic carbocycles. The number of anilines is 1. The fourth-order valence-corrected chi connectivity index (χ4v) is 3.98. The summed E-state index contributed by atoms with van der Waals surface area (Å²) in [6, 6.07) is 9.94. The molecule has 0 saturated carbocycles. The summed E-state index contributed by atoms with van der Waals surface area (Å²) in [7, 11) is 0. The molecule has 0 fully saturated rings. The van der Waals surface area contributed by atoms with E-state index in [1.165, 1.54) is 22.7 Å². The number of nitrogens with one attached hydrogen (secondary N) is 2. The third kappa shape index (κ3) is 4.53. The van der Waals surface area contributed by atoms with E-state index in [2.05, 4.69) is 10.6 Å². The maximum atomic E-state index is 12.4. The van der Waals surface area contributed by atoms with Gasteiger partial charge in [-0.1, -0.05) is 6.07 Å². The van der Waals surface area contributed by atoms with Crippen molar-refractivity contribution in [1.82, 2.24) is 5.32 Å². The highest BCUT2D eigenvalue weighted by molar-refractivity contribution is 7.20. The van der Waals surface area contributed by atoms with E-state index in [0.717, 1.165) is 10.1 Å². The number of benzene rings is 1. The number of carbonyl (C=O) groups excluding carboxylic acids is 3. The Balaban J connectivity index is 1.67. The molecule has 0 aliphatic carbocycles. The molecule has 0 aliphatic rings. The number of rotatable bonds is 6. The van der Waals surface area contributed by atoms with Crippen molar-refractivity contribution in [2.45, 2.75) is 19.9 Å². The van der Waals surface area contributed by atoms with Crippen LogP contribution in [0.4, 0.5) is 5.69 Å². The molecule has 8 heteroatoms. The highest BCUT2D eigenvalue weighted by atomic mass is 32.1. The van der Waals surface area contributed by atoms with Gasteiger partial charge in [-0.05, 0) is 54.9 Å². The van der Waals surface area contributed by atoms with Crippen LogP contribution in [0.3, 0.4) is 0 Å². The molecule has 0 unspecified atom stereocenters. The number of esters is 1. The average molecular weight is 402 g/mol. The third-order valence-corrected chi connectivity index (χ3v) is 5.71. The van der Waals surface area contributed by atoms with Crippen LogP contribution in [-0.4, -0.2) is 30.4 Å². The van der Waals surface area contributed by atoms with Crippen molar-refractivity contribution < 1.29 is 19.1 Å². The van der Waals surface area contributed by atoms with Gasteiger partial charge in [0.25, 0.3) is 5.91 Å². The van der Waals surface area contributed by atoms with Gasteiger partial charge in [-0.25, -0.2) is 4.79 Å². The van der Waals surface area contributed by atoms with Crippen LogP contribution in [0.15, 0.2) is 41.8 Å². The van der Waals surface area contributed by atoms with E-state index < -0.39 is 6.04 Å². The summed E-state index contributed by atoms with van der Waals surface area (Å²) >= 11 is 2.66. The molecule has 2 heterocycles. The lowest BCUT2D eigenvalue weighted by molar-refractivity contribution is -0.117. The number of carbonyl (C=O) groups is 3. The van der Waals surface area contributed by atoms with Crippen molar-refractivity contribution in [2.75, 3.05) is 11.9 Å². The van der Waals surface area contributed by atoms with E-state index >= 15 is 0 Å². The number of ether oxygens (including phenoxy) is 1. The van der Waals surface area contributed by atoms with Gasteiger partial charge < -0.3 is 15.4 Å². The molecule has 0 spiro atoms. The smallest absolute Gasteiger partial charge is 0.348 e. The Morgan fingerprint density at radius 3 is 2.67 bits per heavy atom. The van der Waals surface area contributed by atoms with Crippen LogP contribution in [-0.2, 0) is 9.53 Å². The van der Waals surface area contributed by atoms with Gasteiger partial charge in [-0.15, -0.1) is 22.7 Å². The SMILES string of the molecule is CCOC(=O)c1cc2cc(NC(=O)[C@@H](C)NC(=O)c3cccs3)ccc2s1. The first kappa shape index (κ1) is 19.1. The van der Waals surface area contributed by atoms with E-state index in [1.54, 1.807) is 49.6 Å². The highest BCUT2D eigenvalue weighted by Crippen LogP contribution is 2.28. The number of fused-ring (bicyclic) bond motifs is 1. The van der Waals surface area contributed by atoms with Crippen LogP contribution < -0.4 is 10.6 Å². The van der Waals surface area contributed by atoms with Crippen molar-refractivity contribution in [2.24, 2.45) is 0 Å². The van der Waals surface area contributed by atoms with Gasteiger partial charge in [0.2, 0.25) is 5.91 Å². The first-order valence-corrected chi connectivity index (χ1v) is 10.0. The minimum absolute atomic E-state index is 0.278. The van der Waals surface area contributed by atoms with Gasteiger partial charge in [0.15, 0.2) is 0 Å². The second kappa shape index (κ2) is 8.32. The monoisotopic (exact) mass is 402 g/mol. The van der Waals surface area contributed by atoms with Crippen LogP contribution in [0.25, 0.3) is 10.1 Å². The Bertz CT molecular complexity index is 979. The predicted molar refractivity (Wildman–Crippen MR) is 108 cm³/mol. The van der Waals surface area contributed by atoms with Crippen molar-refractivity contribution in [3.05, 3.63) is 51.5 Å². The summed E-state index contributed by atoms with van der Waals surface area (Å²) in [5.41, 5.74) is 0.595. The van der Waals surface area contributed by atoms with Crippen molar-refractivity contribution in [3.63, 3.8) is 0 Å². The summed E-state index contributed by atoms with van der Waals surface area (Å²) in [5.74, 6) is -0.950. The molecule has 1 atom stereocenters. The summed E-state index contributed by atoms with van der Waals surface area (Å²) in [5, 5.41) is 8.11. The minimum atomic E-state index is -0.687. The standard InChI is InChI=1S/C19H18N2O4S2/c1-3-25-19(24)16-10-12-9-13(6-7-14(12)27-16)21-17(22)11(2)20-18(23)15-5-4-8-26-15/h4-11H,3H2,1-2H3,(H,20,23)(H,21,22)/t11-/m1/s1. The average Bonchev–Trinajstić information content (AvgIpc) is 3.31. The van der Waals surface area contributed by atoms with Crippen molar-refractivity contribution in [3.8, 4) is 0 Å². The van der Waals surface area contributed by atoms with Crippen LogP contribution in [0, 0.1) is 0 Å². The largest absolute Gasteiger partial charge is 0.462 e. The quantitative estimate of drug-likeness (QED) is 0.613. The van der Waals surface area contributed by atoms with Gasteiger partial charge >= 0.3 is 5.97 Å². The molecule has 2 amide bonds. The summed E-state index contributed by atoms with van der Waals surface area (Å²) in [4.78, 5) is 37.3. The van der Waals surface area contributed by atoms with E-state index in [4.69, 9.17) is 4.74 Å². The number of hydrogen-bond acceptors (Lipinski definition) is 6. The molecule has 3 rings (SSSR count). The Morgan fingerprint density at radius 1 is 1.15 bits per heavy atom. The maximum Gasteiger partial charge on any atom is 0.348 e. The molecular weight excluding hydrogens is 384 g/mol. The molecule has 2 aromatic heterocycles. The number of hydrogen-bond donors (Lipinski definition) is 2. The fraction of sp³-hybridized carbons (Fsp3) is 0.211. The zero-order valence-corrected chi connectivity index (χ0v) is 16.4. The van der Waals surface area contributed by atoms with Gasteiger partial charge in [0.1, 0.15) is 10.9 Å². The molecule has 27 heavy (non-hydrogen) atoms. The molecule has 0 radical (unpaired) electrons. The highest BCUT2D eigenvalue weighted by Gasteiger charge is 2.18. The maximum absolute atomic E-state index is 12.4. The van der Waals surface area contributed by atoms with Crippen LogP contribution in [0.5, 0.6) is 0 Å².